The van der Waals surface area contributed by atoms with Crippen LogP contribution in [0.3, 0.4) is 0 Å². The molecule has 11 aromatic rings. The molecule has 0 aliphatic rings. The molecule has 2 nitrogen and oxygen atoms in total. The van der Waals surface area contributed by atoms with Gasteiger partial charge >= 0.3 is 0 Å². The van der Waals surface area contributed by atoms with Gasteiger partial charge in [-0.3, -0.25) is 0 Å². The maximum Gasteiger partial charge on any atom is 0.0547 e. The largest absolute Gasteiger partial charge is 0.310 e. The molecular formula is C52H34N2S. The monoisotopic (exact) mass is 718 g/mol. The molecule has 9 aromatic carbocycles. The number of nitrogens with zero attached hydrogens (tertiary/aromatic N) is 2. The van der Waals surface area contributed by atoms with Gasteiger partial charge in [0, 0.05) is 53.7 Å². The van der Waals surface area contributed by atoms with Crippen molar-refractivity contribution < 1.29 is 0 Å². The molecule has 0 unspecified atom stereocenters. The van der Waals surface area contributed by atoms with Gasteiger partial charge in [-0.15, -0.1) is 11.3 Å². The molecule has 2 heterocycles. The van der Waals surface area contributed by atoms with E-state index < -0.39 is 0 Å². The highest BCUT2D eigenvalue weighted by molar-refractivity contribution is 7.25. The number of anilines is 3. The molecule has 0 saturated carbocycles. The van der Waals surface area contributed by atoms with Gasteiger partial charge in [0.05, 0.1) is 11.0 Å². The Balaban J connectivity index is 0.986. The zero-order valence-corrected chi connectivity index (χ0v) is 30.7. The van der Waals surface area contributed by atoms with Gasteiger partial charge in [-0.25, -0.2) is 0 Å². The van der Waals surface area contributed by atoms with Crippen LogP contribution in [0, 0.1) is 0 Å². The Labute approximate surface area is 323 Å². The predicted molar refractivity (Wildman–Crippen MR) is 237 cm³/mol. The lowest BCUT2D eigenvalue weighted by atomic mass is 10.0. The fraction of sp³-hybridized carbons (Fsp3) is 0. The average molecular weight is 719 g/mol. The smallest absolute Gasteiger partial charge is 0.0547 e. The van der Waals surface area contributed by atoms with E-state index in [0.717, 1.165) is 17.1 Å². The highest BCUT2D eigenvalue weighted by atomic mass is 32.1. The van der Waals surface area contributed by atoms with Crippen molar-refractivity contribution in [3.8, 4) is 27.9 Å². The summed E-state index contributed by atoms with van der Waals surface area (Å²) in [5.74, 6) is 0. The zero-order valence-electron chi connectivity index (χ0n) is 29.9. The maximum absolute atomic E-state index is 2.38. The summed E-state index contributed by atoms with van der Waals surface area (Å²) in [4.78, 5) is 2.37. The molecule has 55 heavy (non-hydrogen) atoms. The third kappa shape index (κ3) is 5.40. The first-order valence-electron chi connectivity index (χ1n) is 18.7. The first-order valence-corrected chi connectivity index (χ1v) is 19.6. The Morgan fingerprint density at radius 1 is 0.327 bits per heavy atom. The minimum atomic E-state index is 1.11. The summed E-state index contributed by atoms with van der Waals surface area (Å²) in [6.45, 7) is 0. The molecule has 258 valence electrons. The second kappa shape index (κ2) is 12.9. The Morgan fingerprint density at radius 2 is 0.873 bits per heavy atom. The van der Waals surface area contributed by atoms with Crippen molar-refractivity contribution in [3.63, 3.8) is 0 Å². The lowest BCUT2D eigenvalue weighted by molar-refractivity contribution is 1.18. The second-order valence-corrected chi connectivity index (χ2v) is 15.3. The van der Waals surface area contributed by atoms with Crippen LogP contribution >= 0.6 is 11.3 Å². The molecule has 0 fully saturated rings. The van der Waals surface area contributed by atoms with Gasteiger partial charge in [-0.1, -0.05) is 133 Å². The number of hydrogen-bond acceptors (Lipinski definition) is 2. The lowest BCUT2D eigenvalue weighted by Gasteiger charge is -2.26. The molecule has 0 bridgehead atoms. The lowest BCUT2D eigenvalue weighted by Crippen LogP contribution is -2.09. The van der Waals surface area contributed by atoms with Gasteiger partial charge in [-0.05, 0) is 106 Å². The van der Waals surface area contributed by atoms with Crippen LogP contribution in [-0.4, -0.2) is 4.57 Å². The fourth-order valence-corrected chi connectivity index (χ4v) is 9.43. The molecule has 0 atom stereocenters. The molecule has 0 aliphatic heterocycles. The Morgan fingerprint density at radius 3 is 1.64 bits per heavy atom. The number of benzene rings is 9. The molecular weight excluding hydrogens is 685 g/mol. The van der Waals surface area contributed by atoms with E-state index in [-0.39, 0.29) is 0 Å². The Hall–Kier alpha value is -6.94. The highest BCUT2D eigenvalue weighted by Crippen LogP contribution is 2.41. The van der Waals surface area contributed by atoms with Crippen molar-refractivity contribution >= 4 is 81.1 Å². The first kappa shape index (κ1) is 31.6. The van der Waals surface area contributed by atoms with Gasteiger partial charge in [0.1, 0.15) is 0 Å². The van der Waals surface area contributed by atoms with Crippen molar-refractivity contribution in [2.45, 2.75) is 0 Å². The summed E-state index contributed by atoms with van der Waals surface area (Å²) in [6, 6.07) is 75.2. The van der Waals surface area contributed by atoms with E-state index in [9.17, 15) is 0 Å². The van der Waals surface area contributed by atoms with Crippen LogP contribution in [0.1, 0.15) is 0 Å². The van der Waals surface area contributed by atoms with Gasteiger partial charge < -0.3 is 9.47 Å². The fourth-order valence-electron chi connectivity index (χ4n) is 8.28. The van der Waals surface area contributed by atoms with E-state index in [1.807, 2.05) is 11.3 Å². The SMILES string of the molecule is c1ccc(-n2c3ccccc3c3ccc(-c4ccc(N(c5ccc(-c6ccc7c(c6)sc6ccccc67)cc5)c5ccc6ccccc6c5)cc4)cc32)cc1. The molecule has 0 radical (unpaired) electrons. The quantitative estimate of drug-likeness (QED) is 0.166. The topological polar surface area (TPSA) is 8.17 Å². The molecule has 0 saturated heterocycles. The van der Waals surface area contributed by atoms with Crippen molar-refractivity contribution in [1.82, 2.24) is 4.57 Å². The summed E-state index contributed by atoms with van der Waals surface area (Å²) in [5, 5.41) is 7.63. The van der Waals surface area contributed by atoms with Crippen LogP contribution in [0.4, 0.5) is 17.1 Å². The standard InChI is InChI=1S/C52H34N2S/c1-2-12-41(13-3-1)54-49-16-8-6-14-45(49)46-30-23-39(33-50(46)54)36-18-25-42(26-19-36)53(44-29-22-35-10-4-5-11-38(35)32-44)43-27-20-37(21-28-43)40-24-31-48-47-15-7-9-17-51(47)55-52(48)34-40/h1-34H. The van der Waals surface area contributed by atoms with Crippen LogP contribution in [0.2, 0.25) is 0 Å². The van der Waals surface area contributed by atoms with Crippen LogP contribution in [0.25, 0.3) is 80.7 Å². The van der Waals surface area contributed by atoms with Crippen molar-refractivity contribution in [2.24, 2.45) is 0 Å². The molecule has 0 aliphatic carbocycles. The second-order valence-electron chi connectivity index (χ2n) is 14.2. The number of para-hydroxylation sites is 2. The van der Waals surface area contributed by atoms with Crippen LogP contribution in [-0.2, 0) is 0 Å². The van der Waals surface area contributed by atoms with Crippen LogP contribution in [0.15, 0.2) is 206 Å². The Bertz CT molecular complexity index is 3190. The van der Waals surface area contributed by atoms with Crippen molar-refractivity contribution in [3.05, 3.63) is 206 Å². The molecule has 11 rings (SSSR count). The number of hydrogen-bond donors (Lipinski definition) is 0. The normalized spacial score (nSPS) is 11.6. The molecule has 0 N–H and O–H groups in total. The summed E-state index contributed by atoms with van der Waals surface area (Å²) < 4.78 is 5.04. The summed E-state index contributed by atoms with van der Waals surface area (Å²) in [7, 11) is 0. The average Bonchev–Trinajstić information content (AvgIpc) is 3.79. The Kier molecular flexibility index (Phi) is 7.39. The van der Waals surface area contributed by atoms with Crippen LogP contribution < -0.4 is 4.90 Å². The summed E-state index contributed by atoms with van der Waals surface area (Å²) in [6.07, 6.45) is 0. The summed E-state index contributed by atoms with van der Waals surface area (Å²) in [5.41, 5.74) is 11.8. The predicted octanol–water partition coefficient (Wildman–Crippen LogP) is 15.1. The van der Waals surface area contributed by atoms with Crippen LogP contribution in [0.5, 0.6) is 0 Å². The third-order valence-electron chi connectivity index (χ3n) is 11.0. The highest BCUT2D eigenvalue weighted by Gasteiger charge is 2.16. The van der Waals surface area contributed by atoms with E-state index in [0.29, 0.717) is 0 Å². The molecule has 2 aromatic heterocycles. The minimum absolute atomic E-state index is 1.11. The maximum atomic E-state index is 2.38. The van der Waals surface area contributed by atoms with Crippen molar-refractivity contribution in [1.29, 1.82) is 0 Å². The number of aromatic nitrogens is 1. The van der Waals surface area contributed by atoms with Gasteiger partial charge in [0.25, 0.3) is 0 Å². The van der Waals surface area contributed by atoms with E-state index in [4.69, 9.17) is 0 Å². The number of fused-ring (bicyclic) bond motifs is 7. The number of rotatable bonds is 6. The minimum Gasteiger partial charge on any atom is -0.310 e. The molecule has 0 spiro atoms. The van der Waals surface area contributed by atoms with Gasteiger partial charge in [0.15, 0.2) is 0 Å². The number of thiophene rings is 1. The van der Waals surface area contributed by atoms with E-state index >= 15 is 0 Å². The first-order chi connectivity index (χ1) is 27.2. The van der Waals surface area contributed by atoms with Gasteiger partial charge in [0.2, 0.25) is 0 Å². The summed E-state index contributed by atoms with van der Waals surface area (Å²) >= 11 is 1.86. The molecule has 0 amide bonds. The van der Waals surface area contributed by atoms with E-state index in [1.165, 1.54) is 80.7 Å². The third-order valence-corrected chi connectivity index (χ3v) is 12.1. The van der Waals surface area contributed by atoms with Gasteiger partial charge in [-0.2, -0.15) is 0 Å². The van der Waals surface area contributed by atoms with Crippen molar-refractivity contribution in [2.75, 3.05) is 4.90 Å². The van der Waals surface area contributed by atoms with E-state index in [2.05, 4.69) is 216 Å². The van der Waals surface area contributed by atoms with E-state index in [1.54, 1.807) is 0 Å². The molecule has 3 heteroatoms. The zero-order chi connectivity index (χ0) is 36.3.